The van der Waals surface area contributed by atoms with E-state index in [0.717, 1.165) is 16.8 Å². The molecule has 0 aliphatic carbocycles. The molecule has 0 radical (unpaired) electrons. The maximum atomic E-state index is 12.7. The third-order valence-electron chi connectivity index (χ3n) is 5.21. The van der Waals surface area contributed by atoms with Gasteiger partial charge >= 0.3 is 5.24 Å². The third kappa shape index (κ3) is 5.37. The Kier molecular flexibility index (Phi) is 6.85. The molecule has 0 saturated heterocycles. The molecule has 0 saturated carbocycles. The molecule has 3 aromatic rings. The van der Waals surface area contributed by atoms with Crippen LogP contribution in [0.3, 0.4) is 0 Å². The number of aromatic nitrogens is 2. The van der Waals surface area contributed by atoms with E-state index in [4.69, 9.17) is 0 Å². The number of aromatic amines is 1. The fraction of sp³-hybridized carbons (Fsp3) is 0.217. The summed E-state index contributed by atoms with van der Waals surface area (Å²) in [4.78, 5) is 31.7. The molecule has 4 rings (SSSR count). The molecule has 0 spiro atoms. The Hall–Kier alpha value is -3.44. The minimum absolute atomic E-state index is 0.118. The molecule has 1 unspecified atom stereocenters. The smallest absolute Gasteiger partial charge is 0.302 e. The van der Waals surface area contributed by atoms with Gasteiger partial charge in [0.2, 0.25) is 0 Å². The summed E-state index contributed by atoms with van der Waals surface area (Å²) in [6.07, 6.45) is 4.82. The molecule has 1 aromatic heterocycles. The standard InChI is InChI=1S/C23H23N5O4S2/c1-3-20-21(16-6-10-18(11-7-16)34(2,31)32)27-28(23(30)33-20)13-15-4-8-17(9-5-15)26-22(29)19-12-24-14-25-19/h4-12,14,20H,3,13H2,1-2H3,(H,24,25)(H,26,29). The van der Waals surface area contributed by atoms with Crippen molar-refractivity contribution in [3.8, 4) is 0 Å². The number of rotatable bonds is 7. The second-order valence-corrected chi connectivity index (χ2v) is 10.9. The predicted octanol–water partition coefficient (Wildman–Crippen LogP) is 3.92. The monoisotopic (exact) mass is 497 g/mol. The molecule has 2 N–H and O–H groups in total. The zero-order chi connectivity index (χ0) is 24.3. The summed E-state index contributed by atoms with van der Waals surface area (Å²) in [5, 5.41) is 8.53. The van der Waals surface area contributed by atoms with Gasteiger partial charge in [-0.05, 0) is 41.8 Å². The molecule has 1 atom stereocenters. The number of imidazole rings is 1. The number of nitrogens with zero attached hydrogens (tertiary/aromatic N) is 3. The van der Waals surface area contributed by atoms with Crippen LogP contribution in [0.2, 0.25) is 0 Å². The van der Waals surface area contributed by atoms with E-state index in [1.165, 1.54) is 35.6 Å². The summed E-state index contributed by atoms with van der Waals surface area (Å²) >= 11 is 1.21. The van der Waals surface area contributed by atoms with Gasteiger partial charge in [0.05, 0.1) is 28.7 Å². The number of nitrogens with one attached hydrogen (secondary N) is 2. The fourth-order valence-corrected chi connectivity index (χ4v) is 4.98. The number of thioether (sulfide) groups is 1. The van der Waals surface area contributed by atoms with Gasteiger partial charge in [0.15, 0.2) is 9.84 Å². The van der Waals surface area contributed by atoms with Gasteiger partial charge in [0, 0.05) is 18.1 Å². The van der Waals surface area contributed by atoms with E-state index < -0.39 is 9.84 Å². The van der Waals surface area contributed by atoms with Crippen LogP contribution in [0.4, 0.5) is 10.5 Å². The lowest BCUT2D eigenvalue weighted by Gasteiger charge is -2.28. The number of carbonyl (C=O) groups is 2. The number of hydrogen-bond donors (Lipinski definition) is 2. The summed E-state index contributed by atoms with van der Waals surface area (Å²) in [6, 6.07) is 13.7. The van der Waals surface area contributed by atoms with Crippen LogP contribution in [0.15, 0.2) is 71.1 Å². The molecule has 176 valence electrons. The van der Waals surface area contributed by atoms with E-state index in [9.17, 15) is 18.0 Å². The van der Waals surface area contributed by atoms with Crippen LogP contribution in [0.25, 0.3) is 0 Å². The van der Waals surface area contributed by atoms with Gasteiger partial charge in [0.1, 0.15) is 5.69 Å². The molecular weight excluding hydrogens is 474 g/mol. The topological polar surface area (TPSA) is 125 Å². The molecule has 1 aliphatic rings. The van der Waals surface area contributed by atoms with E-state index in [-0.39, 0.29) is 33.5 Å². The van der Waals surface area contributed by atoms with Crippen LogP contribution in [-0.2, 0) is 16.4 Å². The summed E-state index contributed by atoms with van der Waals surface area (Å²) in [7, 11) is -3.29. The minimum atomic E-state index is -3.29. The van der Waals surface area contributed by atoms with Gasteiger partial charge in [-0.3, -0.25) is 9.59 Å². The van der Waals surface area contributed by atoms with Crippen molar-refractivity contribution in [1.82, 2.24) is 15.0 Å². The van der Waals surface area contributed by atoms with Crippen LogP contribution in [0, 0.1) is 0 Å². The second-order valence-electron chi connectivity index (χ2n) is 7.73. The zero-order valence-corrected chi connectivity index (χ0v) is 20.2. The first-order valence-electron chi connectivity index (χ1n) is 10.5. The van der Waals surface area contributed by atoms with Crippen LogP contribution in [0.1, 0.15) is 35.0 Å². The van der Waals surface area contributed by atoms with Gasteiger partial charge in [-0.15, -0.1) is 0 Å². The van der Waals surface area contributed by atoms with Gasteiger partial charge in [-0.25, -0.2) is 18.4 Å². The molecular formula is C23H23N5O4S2. The zero-order valence-electron chi connectivity index (χ0n) is 18.6. The van der Waals surface area contributed by atoms with Crippen LogP contribution in [-0.4, -0.2) is 51.8 Å². The summed E-state index contributed by atoms with van der Waals surface area (Å²) < 4.78 is 23.5. The Labute approximate surface area is 201 Å². The number of sulfone groups is 1. The Balaban J connectivity index is 1.51. The lowest BCUT2D eigenvalue weighted by molar-refractivity contribution is 0.102. The first-order chi connectivity index (χ1) is 16.2. The number of benzene rings is 2. The average molecular weight is 498 g/mol. The number of anilines is 1. The highest BCUT2D eigenvalue weighted by Gasteiger charge is 2.30. The molecule has 0 bridgehead atoms. The second kappa shape index (κ2) is 9.82. The van der Waals surface area contributed by atoms with E-state index in [1.54, 1.807) is 36.4 Å². The van der Waals surface area contributed by atoms with Crippen molar-refractivity contribution in [2.75, 3.05) is 11.6 Å². The molecule has 9 nitrogen and oxygen atoms in total. The summed E-state index contributed by atoms with van der Waals surface area (Å²) in [5.41, 5.74) is 3.25. The number of amides is 2. The van der Waals surface area contributed by atoms with Gasteiger partial charge in [-0.1, -0.05) is 43.0 Å². The van der Waals surface area contributed by atoms with E-state index in [1.807, 2.05) is 19.1 Å². The highest BCUT2D eigenvalue weighted by molar-refractivity contribution is 8.14. The average Bonchev–Trinajstić information content (AvgIpc) is 3.36. The molecule has 34 heavy (non-hydrogen) atoms. The van der Waals surface area contributed by atoms with E-state index in [2.05, 4.69) is 20.4 Å². The van der Waals surface area contributed by atoms with Crippen molar-refractivity contribution in [3.05, 3.63) is 77.9 Å². The Morgan fingerprint density at radius 3 is 2.44 bits per heavy atom. The van der Waals surface area contributed by atoms with Crippen LogP contribution >= 0.6 is 11.8 Å². The largest absolute Gasteiger partial charge is 0.350 e. The van der Waals surface area contributed by atoms with Crippen molar-refractivity contribution in [2.24, 2.45) is 5.10 Å². The van der Waals surface area contributed by atoms with Crippen LogP contribution in [0.5, 0.6) is 0 Å². The van der Waals surface area contributed by atoms with Crippen molar-refractivity contribution in [2.45, 2.75) is 30.0 Å². The van der Waals surface area contributed by atoms with Crippen LogP contribution < -0.4 is 5.32 Å². The van der Waals surface area contributed by atoms with E-state index in [0.29, 0.717) is 12.1 Å². The molecule has 1 aliphatic heterocycles. The lowest BCUT2D eigenvalue weighted by atomic mass is 10.1. The number of hydrogen-bond acceptors (Lipinski definition) is 7. The lowest BCUT2D eigenvalue weighted by Crippen LogP contribution is -2.34. The van der Waals surface area contributed by atoms with Crippen molar-refractivity contribution in [1.29, 1.82) is 0 Å². The first kappa shape index (κ1) is 23.7. The third-order valence-corrected chi connectivity index (χ3v) is 7.59. The molecule has 2 heterocycles. The van der Waals surface area contributed by atoms with Crippen molar-refractivity contribution in [3.63, 3.8) is 0 Å². The summed E-state index contributed by atoms with van der Waals surface area (Å²) in [6.45, 7) is 2.25. The molecule has 2 amide bonds. The molecule has 2 aromatic carbocycles. The predicted molar refractivity (Wildman–Crippen MR) is 132 cm³/mol. The molecule has 0 fully saturated rings. The van der Waals surface area contributed by atoms with E-state index >= 15 is 0 Å². The normalized spacial score (nSPS) is 16.3. The van der Waals surface area contributed by atoms with Gasteiger partial charge in [0.25, 0.3) is 5.91 Å². The fourth-order valence-electron chi connectivity index (χ4n) is 3.41. The Bertz CT molecular complexity index is 1320. The van der Waals surface area contributed by atoms with Gasteiger partial charge < -0.3 is 10.3 Å². The quantitative estimate of drug-likeness (QED) is 0.510. The highest BCUT2D eigenvalue weighted by Crippen LogP contribution is 2.30. The Morgan fingerprint density at radius 2 is 1.85 bits per heavy atom. The maximum Gasteiger partial charge on any atom is 0.302 e. The van der Waals surface area contributed by atoms with Crippen molar-refractivity contribution < 1.29 is 18.0 Å². The number of H-pyrrole nitrogens is 1. The highest BCUT2D eigenvalue weighted by atomic mass is 32.2. The van der Waals surface area contributed by atoms with Gasteiger partial charge in [-0.2, -0.15) is 5.10 Å². The summed E-state index contributed by atoms with van der Waals surface area (Å²) in [5.74, 6) is -0.321. The molecule has 11 heteroatoms. The van der Waals surface area contributed by atoms with Crippen molar-refractivity contribution >= 4 is 44.1 Å². The first-order valence-corrected chi connectivity index (χ1v) is 13.3. The maximum absolute atomic E-state index is 12.7. The number of carbonyl (C=O) groups excluding carboxylic acids is 2. The Morgan fingerprint density at radius 1 is 1.15 bits per heavy atom. The number of hydrazone groups is 1. The SMILES string of the molecule is CCC1SC(=O)N(Cc2ccc(NC(=O)c3c[nH]cn3)cc2)N=C1c1ccc(S(C)(=O)=O)cc1. The minimum Gasteiger partial charge on any atom is -0.350 e.